The van der Waals surface area contributed by atoms with Crippen molar-refractivity contribution in [2.45, 2.75) is 6.92 Å². The number of thiophene rings is 1. The molecule has 0 saturated heterocycles. The number of aromatic nitrogens is 1. The number of nitrogens with two attached hydrogens (primary N) is 1. The topological polar surface area (TPSA) is 68.0 Å². The molecule has 4 nitrogen and oxygen atoms in total. The summed E-state index contributed by atoms with van der Waals surface area (Å²) < 4.78 is 0. The number of aryl methyl sites for hydroxylation is 1. The Morgan fingerprint density at radius 2 is 2.00 bits per heavy atom. The summed E-state index contributed by atoms with van der Waals surface area (Å²) in [6.07, 6.45) is 0. The van der Waals surface area contributed by atoms with E-state index in [4.69, 9.17) is 28.9 Å². The molecule has 0 aliphatic rings. The van der Waals surface area contributed by atoms with Gasteiger partial charge in [0, 0.05) is 10.8 Å². The second-order valence-corrected chi connectivity index (χ2v) is 7.72. The maximum Gasteiger partial charge on any atom is 0.267 e. The van der Waals surface area contributed by atoms with E-state index in [0.29, 0.717) is 26.3 Å². The molecule has 0 aliphatic carbocycles. The highest BCUT2D eigenvalue weighted by Gasteiger charge is 2.19. The van der Waals surface area contributed by atoms with Crippen molar-refractivity contribution in [3.63, 3.8) is 0 Å². The molecule has 7 heteroatoms. The van der Waals surface area contributed by atoms with Crippen LogP contribution in [0.15, 0.2) is 42.5 Å². The number of anilines is 2. The first kappa shape index (κ1) is 17.1. The standard InChI is InChI=1S/C19H13Cl2N3OS/c1-9-5-6-10-8-11-16(22)17(26-19(11)24-14(10)7-9)18(25)23-13-4-2-3-12(20)15(13)21/h2-8H,22H2,1H3,(H,23,25). The van der Waals surface area contributed by atoms with Gasteiger partial charge in [0.2, 0.25) is 0 Å². The highest BCUT2D eigenvalue weighted by atomic mass is 35.5. The average Bonchev–Trinajstić information content (AvgIpc) is 2.93. The predicted octanol–water partition coefficient (Wildman–Crippen LogP) is 5.90. The first-order valence-corrected chi connectivity index (χ1v) is 9.36. The van der Waals surface area contributed by atoms with E-state index in [1.54, 1.807) is 18.2 Å². The Balaban J connectivity index is 1.78. The van der Waals surface area contributed by atoms with Crippen molar-refractivity contribution in [3.8, 4) is 0 Å². The Bertz CT molecular complexity index is 1190. The number of halogens is 2. The molecular formula is C19H13Cl2N3OS. The summed E-state index contributed by atoms with van der Waals surface area (Å²) >= 11 is 13.4. The quantitative estimate of drug-likeness (QED) is 0.439. The van der Waals surface area contributed by atoms with Crippen molar-refractivity contribution >= 4 is 72.9 Å². The van der Waals surface area contributed by atoms with Crippen LogP contribution >= 0.6 is 34.5 Å². The molecule has 0 radical (unpaired) electrons. The SMILES string of the molecule is Cc1ccc2cc3c(N)c(C(=O)Nc4cccc(Cl)c4Cl)sc3nc2c1. The molecule has 2 aromatic carbocycles. The molecule has 0 aliphatic heterocycles. The van der Waals surface area contributed by atoms with Crippen LogP contribution in [0.1, 0.15) is 15.2 Å². The number of carbonyl (C=O) groups is 1. The van der Waals surface area contributed by atoms with E-state index in [1.807, 2.05) is 31.2 Å². The molecule has 0 spiro atoms. The first-order valence-electron chi connectivity index (χ1n) is 7.79. The summed E-state index contributed by atoms with van der Waals surface area (Å²) in [5.41, 5.74) is 9.09. The van der Waals surface area contributed by atoms with Crippen LogP contribution in [-0.2, 0) is 0 Å². The Hall–Kier alpha value is -2.34. The van der Waals surface area contributed by atoms with Crippen molar-refractivity contribution in [1.29, 1.82) is 0 Å². The summed E-state index contributed by atoms with van der Waals surface area (Å²) in [7, 11) is 0. The lowest BCUT2D eigenvalue weighted by atomic mass is 10.1. The number of hydrogen-bond acceptors (Lipinski definition) is 4. The number of hydrogen-bond donors (Lipinski definition) is 2. The zero-order valence-corrected chi connectivity index (χ0v) is 16.0. The summed E-state index contributed by atoms with van der Waals surface area (Å²) in [5, 5.41) is 5.19. The van der Waals surface area contributed by atoms with Gasteiger partial charge in [0.1, 0.15) is 9.71 Å². The normalized spacial score (nSPS) is 11.2. The third-order valence-electron chi connectivity index (χ3n) is 4.08. The third kappa shape index (κ3) is 2.88. The van der Waals surface area contributed by atoms with Crippen LogP contribution in [0, 0.1) is 6.92 Å². The molecular weight excluding hydrogens is 389 g/mol. The lowest BCUT2D eigenvalue weighted by Gasteiger charge is -2.07. The van der Waals surface area contributed by atoms with Gasteiger partial charge < -0.3 is 11.1 Å². The lowest BCUT2D eigenvalue weighted by molar-refractivity contribution is 0.103. The number of carbonyl (C=O) groups excluding carboxylic acids is 1. The van der Waals surface area contributed by atoms with Crippen LogP contribution in [0.25, 0.3) is 21.1 Å². The lowest BCUT2D eigenvalue weighted by Crippen LogP contribution is -2.12. The highest BCUT2D eigenvalue weighted by Crippen LogP contribution is 2.36. The number of nitrogen functional groups attached to an aromatic ring is 1. The van der Waals surface area contributed by atoms with Crippen molar-refractivity contribution in [1.82, 2.24) is 4.98 Å². The number of pyridine rings is 1. The zero-order valence-electron chi connectivity index (χ0n) is 13.6. The Morgan fingerprint density at radius 3 is 2.81 bits per heavy atom. The molecule has 0 fully saturated rings. The average molecular weight is 402 g/mol. The number of nitrogens with zero attached hydrogens (tertiary/aromatic N) is 1. The largest absolute Gasteiger partial charge is 0.397 e. The van der Waals surface area contributed by atoms with Gasteiger partial charge in [-0.2, -0.15) is 0 Å². The van der Waals surface area contributed by atoms with Crippen molar-refractivity contribution in [2.75, 3.05) is 11.1 Å². The molecule has 4 rings (SSSR count). The van der Waals surface area contributed by atoms with Crippen molar-refractivity contribution in [2.24, 2.45) is 0 Å². The molecule has 4 aromatic rings. The van der Waals surface area contributed by atoms with Gasteiger partial charge in [-0.3, -0.25) is 4.79 Å². The number of rotatable bonds is 2. The Morgan fingerprint density at radius 1 is 1.19 bits per heavy atom. The van der Waals surface area contributed by atoms with Gasteiger partial charge in [-0.05, 0) is 36.8 Å². The third-order valence-corrected chi connectivity index (χ3v) is 6.01. The fourth-order valence-corrected chi connectivity index (χ4v) is 4.08. The van der Waals surface area contributed by atoms with Gasteiger partial charge in [0.05, 0.1) is 26.9 Å². The first-order chi connectivity index (χ1) is 12.4. The van der Waals surface area contributed by atoms with E-state index in [2.05, 4.69) is 10.3 Å². The fourth-order valence-electron chi connectivity index (χ4n) is 2.75. The van der Waals surface area contributed by atoms with Gasteiger partial charge in [-0.1, -0.05) is 41.4 Å². The minimum Gasteiger partial charge on any atom is -0.397 e. The van der Waals surface area contributed by atoms with Crippen LogP contribution in [0.3, 0.4) is 0 Å². The number of amides is 1. The molecule has 0 atom stereocenters. The van der Waals surface area contributed by atoms with Crippen LogP contribution in [0.4, 0.5) is 11.4 Å². The fraction of sp³-hybridized carbons (Fsp3) is 0.0526. The molecule has 3 N–H and O–H groups in total. The second kappa shape index (κ2) is 6.43. The molecule has 0 unspecified atom stereocenters. The van der Waals surface area contributed by atoms with E-state index < -0.39 is 0 Å². The van der Waals surface area contributed by atoms with E-state index in [9.17, 15) is 4.79 Å². The number of fused-ring (bicyclic) bond motifs is 2. The maximum absolute atomic E-state index is 12.7. The molecule has 2 heterocycles. The van der Waals surface area contributed by atoms with Gasteiger partial charge in [0.15, 0.2) is 0 Å². The van der Waals surface area contributed by atoms with Gasteiger partial charge in [0.25, 0.3) is 5.91 Å². The Labute approximate surface area is 163 Å². The van der Waals surface area contributed by atoms with Crippen LogP contribution in [-0.4, -0.2) is 10.9 Å². The number of benzene rings is 2. The summed E-state index contributed by atoms with van der Waals surface area (Å²) in [5.74, 6) is -0.338. The monoisotopic (exact) mass is 401 g/mol. The molecule has 0 bridgehead atoms. The molecule has 26 heavy (non-hydrogen) atoms. The second-order valence-electron chi connectivity index (χ2n) is 5.94. The van der Waals surface area contributed by atoms with E-state index in [-0.39, 0.29) is 5.91 Å². The highest BCUT2D eigenvalue weighted by molar-refractivity contribution is 7.21. The summed E-state index contributed by atoms with van der Waals surface area (Å²) in [6.45, 7) is 2.02. The van der Waals surface area contributed by atoms with Crippen LogP contribution in [0.2, 0.25) is 10.0 Å². The van der Waals surface area contributed by atoms with E-state index in [1.165, 1.54) is 11.3 Å². The van der Waals surface area contributed by atoms with E-state index >= 15 is 0 Å². The van der Waals surface area contributed by atoms with Crippen molar-refractivity contribution in [3.05, 3.63) is 63.0 Å². The molecule has 130 valence electrons. The summed E-state index contributed by atoms with van der Waals surface area (Å²) in [4.78, 5) is 18.5. The van der Waals surface area contributed by atoms with Gasteiger partial charge in [-0.15, -0.1) is 11.3 Å². The molecule has 2 aromatic heterocycles. The Kier molecular flexibility index (Phi) is 4.23. The summed E-state index contributed by atoms with van der Waals surface area (Å²) in [6, 6.07) is 13.1. The van der Waals surface area contributed by atoms with Gasteiger partial charge in [-0.25, -0.2) is 4.98 Å². The predicted molar refractivity (Wildman–Crippen MR) is 111 cm³/mol. The maximum atomic E-state index is 12.7. The molecule has 1 amide bonds. The van der Waals surface area contributed by atoms with Crippen LogP contribution < -0.4 is 11.1 Å². The van der Waals surface area contributed by atoms with Crippen LogP contribution in [0.5, 0.6) is 0 Å². The smallest absolute Gasteiger partial charge is 0.267 e. The minimum atomic E-state index is -0.338. The number of nitrogens with one attached hydrogen (secondary N) is 1. The minimum absolute atomic E-state index is 0.293. The van der Waals surface area contributed by atoms with Gasteiger partial charge >= 0.3 is 0 Å². The molecule has 0 saturated carbocycles. The van der Waals surface area contributed by atoms with E-state index in [0.717, 1.165) is 26.7 Å². The zero-order chi connectivity index (χ0) is 18.4. The van der Waals surface area contributed by atoms with Crippen molar-refractivity contribution < 1.29 is 4.79 Å².